The zero-order valence-corrected chi connectivity index (χ0v) is 13.3. The molecule has 2 amide bonds. The lowest BCUT2D eigenvalue weighted by Gasteiger charge is -2.25. The monoisotopic (exact) mass is 307 g/mol. The lowest BCUT2D eigenvalue weighted by molar-refractivity contribution is -0.123. The van der Waals surface area contributed by atoms with Crippen LogP contribution in [0, 0.1) is 0 Å². The van der Waals surface area contributed by atoms with Crippen molar-refractivity contribution in [2.45, 2.75) is 45.2 Å². The Morgan fingerprint density at radius 1 is 1.32 bits per heavy atom. The summed E-state index contributed by atoms with van der Waals surface area (Å²) < 4.78 is 4.87. The summed E-state index contributed by atoms with van der Waals surface area (Å²) in [4.78, 5) is 26.5. The summed E-state index contributed by atoms with van der Waals surface area (Å²) in [6.45, 7) is 6.86. The smallest absolute Gasteiger partial charge is 0.255 e. The number of carbonyl (C=O) groups excluding carboxylic acids is 2. The number of likely N-dealkylation sites (tertiary alicyclic amines) is 1. The third-order valence-electron chi connectivity index (χ3n) is 4.04. The maximum absolute atomic E-state index is 12.2. The summed E-state index contributed by atoms with van der Waals surface area (Å²) in [7, 11) is 0. The van der Waals surface area contributed by atoms with E-state index in [1.54, 1.807) is 13.0 Å². The predicted octanol–water partition coefficient (Wildman–Crippen LogP) is 1.39. The summed E-state index contributed by atoms with van der Waals surface area (Å²) in [6, 6.07) is 1.12. The van der Waals surface area contributed by atoms with Crippen molar-refractivity contribution in [3.8, 4) is 0 Å². The highest BCUT2D eigenvalue weighted by Gasteiger charge is 2.22. The van der Waals surface area contributed by atoms with Crippen molar-refractivity contribution in [3.63, 3.8) is 0 Å². The number of furan rings is 1. The molecule has 0 saturated carbocycles. The van der Waals surface area contributed by atoms with Crippen LogP contribution < -0.4 is 10.6 Å². The maximum Gasteiger partial charge on any atom is 0.255 e. The molecule has 1 fully saturated rings. The van der Waals surface area contributed by atoms with E-state index < -0.39 is 6.04 Å². The molecule has 2 heterocycles. The van der Waals surface area contributed by atoms with Gasteiger partial charge in [-0.05, 0) is 45.3 Å². The van der Waals surface area contributed by atoms with E-state index in [4.69, 9.17) is 4.42 Å². The highest BCUT2D eigenvalue weighted by Crippen LogP contribution is 2.09. The molecule has 2 atom stereocenters. The van der Waals surface area contributed by atoms with Crippen molar-refractivity contribution < 1.29 is 14.0 Å². The average molecular weight is 307 g/mol. The number of carbonyl (C=O) groups is 2. The molecule has 0 bridgehead atoms. The second-order valence-corrected chi connectivity index (χ2v) is 5.83. The molecule has 1 aromatic rings. The zero-order chi connectivity index (χ0) is 15.9. The first kappa shape index (κ1) is 16.5. The van der Waals surface area contributed by atoms with Crippen LogP contribution in [0.5, 0.6) is 0 Å². The van der Waals surface area contributed by atoms with Crippen molar-refractivity contribution in [3.05, 3.63) is 24.2 Å². The fraction of sp³-hybridized carbons (Fsp3) is 0.625. The standard InChI is InChI=1S/C16H25N3O3/c1-3-14(10-19-7-4-5-8-19)18-15(20)12(2)17-16(21)13-6-9-22-11-13/h6,9,11-12,14H,3-5,7-8,10H2,1-2H3,(H,17,21)(H,18,20)/t12-,14+/m1/s1. The maximum atomic E-state index is 12.2. The lowest BCUT2D eigenvalue weighted by atomic mass is 10.2. The Morgan fingerprint density at radius 2 is 2.05 bits per heavy atom. The Kier molecular flexibility index (Phi) is 6.00. The first-order chi connectivity index (χ1) is 10.6. The molecular weight excluding hydrogens is 282 g/mol. The van der Waals surface area contributed by atoms with Gasteiger partial charge in [-0.25, -0.2) is 0 Å². The molecule has 1 aromatic heterocycles. The van der Waals surface area contributed by atoms with E-state index >= 15 is 0 Å². The Morgan fingerprint density at radius 3 is 2.64 bits per heavy atom. The number of hydrogen-bond donors (Lipinski definition) is 2. The van der Waals surface area contributed by atoms with Crippen molar-refractivity contribution in [1.29, 1.82) is 0 Å². The van der Waals surface area contributed by atoms with Gasteiger partial charge in [0.05, 0.1) is 11.8 Å². The van der Waals surface area contributed by atoms with Crippen LogP contribution in [0.1, 0.15) is 43.5 Å². The Labute approximate surface area is 131 Å². The number of rotatable bonds is 7. The fourth-order valence-electron chi connectivity index (χ4n) is 2.62. The van der Waals surface area contributed by atoms with E-state index in [1.165, 1.54) is 25.4 Å². The Bertz CT molecular complexity index is 481. The van der Waals surface area contributed by atoms with Crippen LogP contribution in [-0.4, -0.2) is 48.4 Å². The second-order valence-electron chi connectivity index (χ2n) is 5.83. The SMILES string of the molecule is CC[C@@H](CN1CCCC1)NC(=O)[C@@H](C)NC(=O)c1ccoc1. The second kappa shape index (κ2) is 7.98. The van der Waals surface area contributed by atoms with Crippen LogP contribution in [0.4, 0.5) is 0 Å². The minimum absolute atomic E-state index is 0.124. The van der Waals surface area contributed by atoms with Crippen LogP contribution in [-0.2, 0) is 4.79 Å². The molecule has 0 spiro atoms. The molecular formula is C16H25N3O3. The molecule has 6 heteroatoms. The topological polar surface area (TPSA) is 74.6 Å². The summed E-state index contributed by atoms with van der Waals surface area (Å²) >= 11 is 0. The van der Waals surface area contributed by atoms with Crippen LogP contribution in [0.3, 0.4) is 0 Å². The van der Waals surface area contributed by atoms with Gasteiger partial charge in [-0.3, -0.25) is 9.59 Å². The van der Waals surface area contributed by atoms with Gasteiger partial charge in [0.1, 0.15) is 12.3 Å². The van der Waals surface area contributed by atoms with Crippen molar-refractivity contribution in [2.24, 2.45) is 0 Å². The van der Waals surface area contributed by atoms with Crippen molar-refractivity contribution in [1.82, 2.24) is 15.5 Å². The van der Waals surface area contributed by atoms with Gasteiger partial charge in [-0.2, -0.15) is 0 Å². The third-order valence-corrected chi connectivity index (χ3v) is 4.04. The minimum atomic E-state index is -0.574. The molecule has 1 aliphatic rings. The van der Waals surface area contributed by atoms with E-state index in [1.807, 2.05) is 0 Å². The van der Waals surface area contributed by atoms with Gasteiger partial charge in [0, 0.05) is 12.6 Å². The van der Waals surface area contributed by atoms with Crippen molar-refractivity contribution >= 4 is 11.8 Å². The van der Waals surface area contributed by atoms with Gasteiger partial charge in [0.15, 0.2) is 0 Å². The summed E-state index contributed by atoms with van der Waals surface area (Å²) in [5.41, 5.74) is 0.420. The largest absolute Gasteiger partial charge is 0.472 e. The predicted molar refractivity (Wildman–Crippen MR) is 83.5 cm³/mol. The molecule has 6 nitrogen and oxygen atoms in total. The van der Waals surface area contributed by atoms with Crippen LogP contribution in [0.15, 0.2) is 23.0 Å². The lowest BCUT2D eigenvalue weighted by Crippen LogP contribution is -2.50. The molecule has 0 aromatic carbocycles. The highest BCUT2D eigenvalue weighted by molar-refractivity contribution is 5.97. The van der Waals surface area contributed by atoms with Gasteiger partial charge in [0.2, 0.25) is 5.91 Å². The van der Waals surface area contributed by atoms with Crippen molar-refractivity contribution in [2.75, 3.05) is 19.6 Å². The molecule has 2 rings (SSSR count). The first-order valence-electron chi connectivity index (χ1n) is 7.96. The number of amides is 2. The normalized spacial score (nSPS) is 17.9. The summed E-state index contributed by atoms with van der Waals surface area (Å²) in [5, 5.41) is 5.71. The fourth-order valence-corrected chi connectivity index (χ4v) is 2.62. The number of nitrogens with one attached hydrogen (secondary N) is 2. The average Bonchev–Trinajstić information content (AvgIpc) is 3.19. The van der Waals surface area contributed by atoms with Gasteiger partial charge < -0.3 is 20.0 Å². The Hall–Kier alpha value is -1.82. The van der Waals surface area contributed by atoms with E-state index in [9.17, 15) is 9.59 Å². The first-order valence-corrected chi connectivity index (χ1v) is 7.96. The molecule has 2 N–H and O–H groups in total. The van der Waals surface area contributed by atoms with E-state index in [2.05, 4.69) is 22.5 Å². The van der Waals surface area contributed by atoms with Gasteiger partial charge in [0.25, 0.3) is 5.91 Å². The molecule has 1 saturated heterocycles. The molecule has 0 unspecified atom stereocenters. The zero-order valence-electron chi connectivity index (χ0n) is 13.3. The molecule has 0 radical (unpaired) electrons. The van der Waals surface area contributed by atoms with Gasteiger partial charge in [-0.15, -0.1) is 0 Å². The highest BCUT2D eigenvalue weighted by atomic mass is 16.3. The molecule has 1 aliphatic heterocycles. The number of hydrogen-bond acceptors (Lipinski definition) is 4. The molecule has 122 valence electrons. The van der Waals surface area contributed by atoms with Gasteiger partial charge in [-0.1, -0.05) is 6.92 Å². The minimum Gasteiger partial charge on any atom is -0.472 e. The van der Waals surface area contributed by atoms with E-state index in [0.29, 0.717) is 5.56 Å². The summed E-state index contributed by atoms with van der Waals surface area (Å²) in [6.07, 6.45) is 6.15. The number of nitrogens with zero attached hydrogens (tertiary/aromatic N) is 1. The third kappa shape index (κ3) is 4.59. The van der Waals surface area contributed by atoms with E-state index in [0.717, 1.165) is 26.1 Å². The quantitative estimate of drug-likeness (QED) is 0.798. The van der Waals surface area contributed by atoms with Crippen LogP contribution in [0.25, 0.3) is 0 Å². The molecule has 22 heavy (non-hydrogen) atoms. The van der Waals surface area contributed by atoms with Crippen LogP contribution >= 0.6 is 0 Å². The summed E-state index contributed by atoms with van der Waals surface area (Å²) in [5.74, 6) is -0.452. The van der Waals surface area contributed by atoms with Gasteiger partial charge >= 0.3 is 0 Å². The molecule has 0 aliphatic carbocycles. The van der Waals surface area contributed by atoms with Crippen LogP contribution in [0.2, 0.25) is 0 Å². The van der Waals surface area contributed by atoms with E-state index in [-0.39, 0.29) is 17.9 Å². The Balaban J connectivity index is 1.80.